The molecule has 4 aromatic rings. The maximum atomic E-state index is 13.1. The Morgan fingerprint density at radius 1 is 1.20 bits per heavy atom. The molecule has 1 aliphatic rings. The van der Waals surface area contributed by atoms with Crippen molar-refractivity contribution in [2.45, 2.75) is 13.0 Å². The number of aryl methyl sites for hydroxylation is 1. The Balaban J connectivity index is 1.23. The number of para-hydroxylation sites is 1. The molecular weight excluding hydrogens is 458 g/mol. The first-order chi connectivity index (χ1) is 17.0. The molecule has 1 fully saturated rings. The predicted octanol–water partition coefficient (Wildman–Crippen LogP) is 4.70. The molecule has 3 N–H and O–H groups in total. The number of nitrogens with zero attached hydrogens (tertiary/aromatic N) is 3. The van der Waals surface area contributed by atoms with Crippen LogP contribution in [0.3, 0.4) is 0 Å². The summed E-state index contributed by atoms with van der Waals surface area (Å²) in [6.07, 6.45) is 1.08. The first-order valence-corrected chi connectivity index (χ1v) is 12.7. The number of thiophene rings is 1. The maximum Gasteiger partial charge on any atom is 0.272 e. The number of carbonyl (C=O) groups excluding carboxylic acids is 1. The summed E-state index contributed by atoms with van der Waals surface area (Å²) in [7, 11) is 3.98. The molecule has 0 bridgehead atoms. The molecule has 1 amide bonds. The zero-order valence-corrected chi connectivity index (χ0v) is 20.9. The molecule has 3 heterocycles. The number of nitrogens with one attached hydrogen (secondary N) is 1. The first-order valence-electron chi connectivity index (χ1n) is 11.8. The van der Waals surface area contributed by atoms with Crippen LogP contribution in [0.5, 0.6) is 5.75 Å². The molecular formula is C27H31N5O2S. The standard InChI is InChI=1S/C27H31N5O2S/c1-30(21-7-9-22(10-8-21)34-18-19-11-13-32(28)16-19)17-20-5-3-4-6-23(20)29-27(33)25-15-26-24(31(25)2)12-14-35-26/h3-10,12,14-15,19H,11,13,16-18,28H2,1-2H3,(H,29,33)/t19-/m1/s1. The third-order valence-electron chi connectivity index (χ3n) is 6.65. The lowest BCUT2D eigenvalue weighted by molar-refractivity contribution is 0.101. The van der Waals surface area contributed by atoms with Gasteiger partial charge in [0, 0.05) is 51.0 Å². The number of benzene rings is 2. The van der Waals surface area contributed by atoms with Crippen molar-refractivity contribution in [3.63, 3.8) is 0 Å². The van der Waals surface area contributed by atoms with Gasteiger partial charge in [-0.25, -0.2) is 5.01 Å². The van der Waals surface area contributed by atoms with Gasteiger partial charge in [-0.05, 0) is 59.8 Å². The van der Waals surface area contributed by atoms with E-state index in [1.807, 2.05) is 71.5 Å². The molecule has 1 aliphatic heterocycles. The van der Waals surface area contributed by atoms with Gasteiger partial charge in [-0.3, -0.25) is 10.6 Å². The van der Waals surface area contributed by atoms with E-state index in [0.717, 1.165) is 52.4 Å². The summed E-state index contributed by atoms with van der Waals surface area (Å²) in [5.74, 6) is 7.09. The molecule has 35 heavy (non-hydrogen) atoms. The summed E-state index contributed by atoms with van der Waals surface area (Å²) in [6.45, 7) is 3.17. The Morgan fingerprint density at radius 2 is 2.00 bits per heavy atom. The number of hydrogen-bond donors (Lipinski definition) is 2. The van der Waals surface area contributed by atoms with Crippen LogP contribution in [-0.4, -0.2) is 42.2 Å². The summed E-state index contributed by atoms with van der Waals surface area (Å²) in [6, 6.07) is 20.1. The highest BCUT2D eigenvalue weighted by Gasteiger charge is 2.20. The minimum atomic E-state index is -0.104. The number of hydrazine groups is 1. The molecule has 0 aliphatic carbocycles. The molecule has 7 nitrogen and oxygen atoms in total. The number of carbonyl (C=O) groups is 1. The van der Waals surface area contributed by atoms with E-state index in [-0.39, 0.29) is 5.91 Å². The van der Waals surface area contributed by atoms with Crippen LogP contribution >= 0.6 is 11.3 Å². The molecule has 0 spiro atoms. The summed E-state index contributed by atoms with van der Waals surface area (Å²) in [5, 5.41) is 7.01. The fourth-order valence-electron chi connectivity index (χ4n) is 4.59. The molecule has 1 atom stereocenters. The minimum absolute atomic E-state index is 0.104. The third-order valence-corrected chi connectivity index (χ3v) is 7.50. The van der Waals surface area contributed by atoms with Crippen LogP contribution in [-0.2, 0) is 13.6 Å². The summed E-state index contributed by atoms with van der Waals surface area (Å²) in [4.78, 5) is 15.2. The number of ether oxygens (including phenoxy) is 1. The summed E-state index contributed by atoms with van der Waals surface area (Å²) >= 11 is 1.64. The fraction of sp³-hybridized carbons (Fsp3) is 0.296. The van der Waals surface area contributed by atoms with Crippen LogP contribution in [0.25, 0.3) is 10.2 Å². The topological polar surface area (TPSA) is 75.8 Å². The van der Waals surface area contributed by atoms with E-state index < -0.39 is 0 Å². The van der Waals surface area contributed by atoms with Crippen molar-refractivity contribution in [2.75, 3.05) is 37.0 Å². The molecule has 1 saturated heterocycles. The van der Waals surface area contributed by atoms with E-state index in [9.17, 15) is 4.79 Å². The predicted molar refractivity (Wildman–Crippen MR) is 143 cm³/mol. The molecule has 0 radical (unpaired) electrons. The number of rotatable bonds is 8. The maximum absolute atomic E-state index is 13.1. The van der Waals surface area contributed by atoms with Crippen molar-refractivity contribution in [2.24, 2.45) is 18.8 Å². The van der Waals surface area contributed by atoms with Gasteiger partial charge in [0.05, 0.1) is 16.8 Å². The number of aromatic nitrogens is 1. The lowest BCUT2D eigenvalue weighted by atomic mass is 10.1. The Kier molecular flexibility index (Phi) is 6.77. The molecule has 0 saturated carbocycles. The number of nitrogens with two attached hydrogens (primary N) is 1. The van der Waals surface area contributed by atoms with Crippen LogP contribution in [0.4, 0.5) is 11.4 Å². The van der Waals surface area contributed by atoms with Gasteiger partial charge in [0.25, 0.3) is 5.91 Å². The molecule has 8 heteroatoms. The second-order valence-corrected chi connectivity index (χ2v) is 10.1. The van der Waals surface area contributed by atoms with Crippen molar-refractivity contribution in [1.82, 2.24) is 9.58 Å². The van der Waals surface area contributed by atoms with Crippen LogP contribution in [0, 0.1) is 5.92 Å². The van der Waals surface area contributed by atoms with Crippen LogP contribution in [0.1, 0.15) is 22.5 Å². The van der Waals surface area contributed by atoms with Gasteiger partial charge >= 0.3 is 0 Å². The molecule has 182 valence electrons. The monoisotopic (exact) mass is 489 g/mol. The van der Waals surface area contributed by atoms with E-state index in [1.54, 1.807) is 11.3 Å². The molecule has 2 aromatic heterocycles. The Bertz CT molecular complexity index is 1310. The lowest BCUT2D eigenvalue weighted by Gasteiger charge is -2.22. The number of amides is 1. The molecule has 2 aromatic carbocycles. The minimum Gasteiger partial charge on any atom is -0.493 e. The second kappa shape index (κ2) is 10.1. The van der Waals surface area contributed by atoms with Gasteiger partial charge in [-0.2, -0.15) is 0 Å². The number of fused-ring (bicyclic) bond motifs is 1. The van der Waals surface area contributed by atoms with Crippen molar-refractivity contribution in [1.29, 1.82) is 0 Å². The normalized spacial score (nSPS) is 16.0. The zero-order chi connectivity index (χ0) is 24.4. The van der Waals surface area contributed by atoms with Crippen LogP contribution in [0.2, 0.25) is 0 Å². The van der Waals surface area contributed by atoms with E-state index in [0.29, 0.717) is 24.8 Å². The average Bonchev–Trinajstić information content (AvgIpc) is 3.57. The van der Waals surface area contributed by atoms with Crippen molar-refractivity contribution in [3.8, 4) is 5.75 Å². The van der Waals surface area contributed by atoms with E-state index in [2.05, 4.69) is 28.4 Å². The smallest absolute Gasteiger partial charge is 0.272 e. The van der Waals surface area contributed by atoms with Crippen molar-refractivity contribution >= 4 is 38.8 Å². The van der Waals surface area contributed by atoms with Gasteiger partial charge in [-0.15, -0.1) is 11.3 Å². The fourth-order valence-corrected chi connectivity index (χ4v) is 5.44. The van der Waals surface area contributed by atoms with Gasteiger partial charge in [-0.1, -0.05) is 18.2 Å². The Morgan fingerprint density at radius 3 is 2.74 bits per heavy atom. The van der Waals surface area contributed by atoms with E-state index in [1.165, 1.54) is 0 Å². The number of anilines is 2. The van der Waals surface area contributed by atoms with Crippen LogP contribution < -0.4 is 20.8 Å². The third kappa shape index (κ3) is 5.19. The highest BCUT2D eigenvalue weighted by atomic mass is 32.1. The van der Waals surface area contributed by atoms with Gasteiger partial charge in [0.15, 0.2) is 0 Å². The Labute approximate surface area is 209 Å². The van der Waals surface area contributed by atoms with Gasteiger partial charge in [0.2, 0.25) is 0 Å². The Hall–Kier alpha value is -3.33. The SMILES string of the molecule is CN(Cc1ccccc1NC(=O)c1cc2sccc2n1C)c1ccc(OC[C@@H]2CCN(N)C2)cc1. The second-order valence-electron chi connectivity index (χ2n) is 9.18. The zero-order valence-electron chi connectivity index (χ0n) is 20.1. The van der Waals surface area contributed by atoms with E-state index in [4.69, 9.17) is 10.6 Å². The van der Waals surface area contributed by atoms with Gasteiger partial charge < -0.3 is 19.5 Å². The quantitative estimate of drug-likeness (QED) is 0.351. The average molecular weight is 490 g/mol. The summed E-state index contributed by atoms with van der Waals surface area (Å²) < 4.78 is 9.03. The first kappa shape index (κ1) is 23.4. The largest absolute Gasteiger partial charge is 0.493 e. The highest BCUT2D eigenvalue weighted by molar-refractivity contribution is 7.17. The molecule has 0 unspecified atom stereocenters. The van der Waals surface area contributed by atoms with Crippen LogP contribution in [0.15, 0.2) is 66.0 Å². The molecule has 5 rings (SSSR count). The van der Waals surface area contributed by atoms with Crippen molar-refractivity contribution in [3.05, 3.63) is 77.3 Å². The van der Waals surface area contributed by atoms with Gasteiger partial charge in [0.1, 0.15) is 11.4 Å². The number of hydrogen-bond acceptors (Lipinski definition) is 6. The van der Waals surface area contributed by atoms with Crippen molar-refractivity contribution < 1.29 is 9.53 Å². The summed E-state index contributed by atoms with van der Waals surface area (Å²) in [5.41, 5.74) is 4.68. The van der Waals surface area contributed by atoms with E-state index >= 15 is 0 Å². The lowest BCUT2D eigenvalue weighted by Crippen LogP contribution is -2.28. The highest BCUT2D eigenvalue weighted by Crippen LogP contribution is 2.27.